The van der Waals surface area contributed by atoms with Crippen molar-refractivity contribution in [2.45, 2.75) is 25.8 Å². The average molecular weight is 250 g/mol. The summed E-state index contributed by atoms with van der Waals surface area (Å²) in [7, 11) is 0. The summed E-state index contributed by atoms with van der Waals surface area (Å²) >= 11 is 0. The second kappa shape index (κ2) is 5.96. The van der Waals surface area contributed by atoms with E-state index in [1.807, 2.05) is 6.92 Å². The summed E-state index contributed by atoms with van der Waals surface area (Å²) in [5.41, 5.74) is 0.385. The van der Waals surface area contributed by atoms with E-state index in [2.05, 4.69) is 10.6 Å². The first-order valence-electron chi connectivity index (χ1n) is 6.44. The third-order valence-corrected chi connectivity index (χ3v) is 3.54. The van der Waals surface area contributed by atoms with Crippen molar-refractivity contribution in [2.24, 2.45) is 5.92 Å². The number of benzene rings is 1. The van der Waals surface area contributed by atoms with Crippen LogP contribution in [0.2, 0.25) is 0 Å². The summed E-state index contributed by atoms with van der Waals surface area (Å²) in [6.45, 7) is 4.03. The quantitative estimate of drug-likeness (QED) is 0.861. The van der Waals surface area contributed by atoms with Crippen molar-refractivity contribution < 1.29 is 9.18 Å². The fourth-order valence-electron chi connectivity index (χ4n) is 2.38. The van der Waals surface area contributed by atoms with Crippen LogP contribution in [-0.4, -0.2) is 25.0 Å². The minimum absolute atomic E-state index is 0.128. The minimum Gasteiger partial charge on any atom is -0.349 e. The van der Waals surface area contributed by atoms with Gasteiger partial charge in [-0.2, -0.15) is 0 Å². The number of nitrogens with one attached hydrogen (secondary N) is 2. The Morgan fingerprint density at radius 2 is 2.17 bits per heavy atom. The predicted molar refractivity (Wildman–Crippen MR) is 68.9 cm³/mol. The van der Waals surface area contributed by atoms with E-state index in [-0.39, 0.29) is 17.8 Å². The van der Waals surface area contributed by atoms with E-state index < -0.39 is 0 Å². The molecule has 1 unspecified atom stereocenters. The van der Waals surface area contributed by atoms with E-state index >= 15 is 0 Å². The zero-order valence-corrected chi connectivity index (χ0v) is 10.6. The lowest BCUT2D eigenvalue weighted by molar-refractivity contribution is 0.0920. The topological polar surface area (TPSA) is 41.1 Å². The maximum atomic E-state index is 13.0. The van der Waals surface area contributed by atoms with Crippen molar-refractivity contribution in [1.29, 1.82) is 0 Å². The molecule has 0 radical (unpaired) electrons. The molecule has 1 atom stereocenters. The zero-order chi connectivity index (χ0) is 13.0. The maximum absolute atomic E-state index is 13.0. The molecule has 1 fully saturated rings. The standard InChI is InChI=1S/C14H19FN2O/c1-10(11-5-7-16-8-6-11)17-14(18)12-3-2-4-13(15)9-12/h2-4,9-11,16H,5-8H2,1H3,(H,17,18). The molecule has 98 valence electrons. The molecule has 1 aromatic rings. The van der Waals surface area contributed by atoms with Gasteiger partial charge >= 0.3 is 0 Å². The highest BCUT2D eigenvalue weighted by molar-refractivity contribution is 5.94. The van der Waals surface area contributed by atoms with Gasteiger partial charge in [0.05, 0.1) is 0 Å². The Bertz CT molecular complexity index is 416. The third kappa shape index (κ3) is 3.29. The van der Waals surface area contributed by atoms with Crippen molar-refractivity contribution in [3.05, 3.63) is 35.6 Å². The molecule has 2 rings (SSSR count). The van der Waals surface area contributed by atoms with Crippen LogP contribution in [0.5, 0.6) is 0 Å². The highest BCUT2D eigenvalue weighted by Crippen LogP contribution is 2.16. The predicted octanol–water partition coefficient (Wildman–Crippen LogP) is 1.94. The number of halogens is 1. The van der Waals surface area contributed by atoms with Crippen molar-refractivity contribution >= 4 is 5.91 Å². The Morgan fingerprint density at radius 3 is 2.83 bits per heavy atom. The van der Waals surface area contributed by atoms with Crippen LogP contribution in [0.25, 0.3) is 0 Å². The highest BCUT2D eigenvalue weighted by atomic mass is 19.1. The molecule has 1 amide bonds. The number of carbonyl (C=O) groups is 1. The summed E-state index contributed by atoms with van der Waals surface area (Å²) in [5, 5.41) is 6.26. The van der Waals surface area contributed by atoms with Crippen LogP contribution < -0.4 is 10.6 Å². The van der Waals surface area contributed by atoms with Crippen molar-refractivity contribution in [1.82, 2.24) is 10.6 Å². The van der Waals surface area contributed by atoms with Crippen LogP contribution in [0.15, 0.2) is 24.3 Å². The molecule has 1 saturated heterocycles. The first kappa shape index (κ1) is 13.0. The van der Waals surface area contributed by atoms with Gasteiger partial charge in [0.1, 0.15) is 5.82 Å². The zero-order valence-electron chi connectivity index (χ0n) is 10.6. The molecule has 0 aliphatic carbocycles. The van der Waals surface area contributed by atoms with Gasteiger partial charge in [-0.15, -0.1) is 0 Å². The van der Waals surface area contributed by atoms with Gasteiger partial charge in [-0.1, -0.05) is 6.07 Å². The van der Waals surface area contributed by atoms with Gasteiger partial charge < -0.3 is 10.6 Å². The normalized spacial score (nSPS) is 18.3. The number of carbonyl (C=O) groups excluding carboxylic acids is 1. The minimum atomic E-state index is -0.378. The van der Waals surface area contributed by atoms with Crippen LogP contribution in [0.1, 0.15) is 30.1 Å². The van der Waals surface area contributed by atoms with Gasteiger partial charge in [-0.25, -0.2) is 4.39 Å². The van der Waals surface area contributed by atoms with E-state index in [1.165, 1.54) is 12.1 Å². The molecule has 1 aromatic carbocycles. The van der Waals surface area contributed by atoms with Crippen LogP contribution in [0, 0.1) is 11.7 Å². The smallest absolute Gasteiger partial charge is 0.251 e. The van der Waals surface area contributed by atoms with E-state index in [0.717, 1.165) is 25.9 Å². The Kier molecular flexibility index (Phi) is 4.31. The molecule has 0 aromatic heterocycles. The number of hydrogen-bond donors (Lipinski definition) is 2. The SMILES string of the molecule is CC(NC(=O)c1cccc(F)c1)C1CCNCC1. The van der Waals surface area contributed by atoms with E-state index in [9.17, 15) is 9.18 Å². The summed E-state index contributed by atoms with van der Waals surface area (Å²) in [5.74, 6) is -0.0681. The Morgan fingerprint density at radius 1 is 1.44 bits per heavy atom. The van der Waals surface area contributed by atoms with Gasteiger partial charge in [-0.05, 0) is 57.0 Å². The second-order valence-electron chi connectivity index (χ2n) is 4.86. The van der Waals surface area contributed by atoms with Gasteiger partial charge in [-0.3, -0.25) is 4.79 Å². The Labute approximate surface area is 107 Å². The van der Waals surface area contributed by atoms with Gasteiger partial charge in [0.15, 0.2) is 0 Å². The molecule has 2 N–H and O–H groups in total. The van der Waals surface area contributed by atoms with Gasteiger partial charge in [0.25, 0.3) is 5.91 Å². The third-order valence-electron chi connectivity index (χ3n) is 3.54. The lowest BCUT2D eigenvalue weighted by Gasteiger charge is -2.28. The van der Waals surface area contributed by atoms with E-state index in [0.29, 0.717) is 11.5 Å². The largest absolute Gasteiger partial charge is 0.349 e. The molecule has 18 heavy (non-hydrogen) atoms. The Balaban J connectivity index is 1.94. The molecular formula is C14H19FN2O. The summed E-state index contributed by atoms with van der Waals surface area (Å²) < 4.78 is 13.0. The van der Waals surface area contributed by atoms with Crippen molar-refractivity contribution in [2.75, 3.05) is 13.1 Å². The van der Waals surface area contributed by atoms with Gasteiger partial charge in [0, 0.05) is 11.6 Å². The lowest BCUT2D eigenvalue weighted by Crippen LogP contribution is -2.42. The molecule has 1 aliphatic rings. The Hall–Kier alpha value is -1.42. The number of amides is 1. The fraction of sp³-hybridized carbons (Fsp3) is 0.500. The molecule has 1 aliphatic heterocycles. The van der Waals surface area contributed by atoms with Crippen molar-refractivity contribution in [3.63, 3.8) is 0 Å². The maximum Gasteiger partial charge on any atom is 0.251 e. The monoisotopic (exact) mass is 250 g/mol. The number of rotatable bonds is 3. The number of hydrogen-bond acceptors (Lipinski definition) is 2. The first-order chi connectivity index (χ1) is 8.66. The summed E-state index contributed by atoms with van der Waals surface area (Å²) in [6, 6.07) is 5.92. The van der Waals surface area contributed by atoms with Crippen LogP contribution in [0.4, 0.5) is 4.39 Å². The molecule has 4 heteroatoms. The molecule has 0 spiro atoms. The fourth-order valence-corrected chi connectivity index (χ4v) is 2.38. The van der Waals surface area contributed by atoms with Crippen molar-refractivity contribution in [3.8, 4) is 0 Å². The molecule has 1 heterocycles. The molecule has 3 nitrogen and oxygen atoms in total. The highest BCUT2D eigenvalue weighted by Gasteiger charge is 2.21. The van der Waals surface area contributed by atoms with E-state index in [4.69, 9.17) is 0 Å². The lowest BCUT2D eigenvalue weighted by atomic mass is 9.91. The van der Waals surface area contributed by atoms with Gasteiger partial charge in [0.2, 0.25) is 0 Å². The summed E-state index contributed by atoms with van der Waals surface area (Å²) in [6.07, 6.45) is 2.15. The first-order valence-corrected chi connectivity index (χ1v) is 6.44. The molecule has 0 saturated carbocycles. The van der Waals surface area contributed by atoms with E-state index in [1.54, 1.807) is 12.1 Å². The van der Waals surface area contributed by atoms with Crippen LogP contribution in [0.3, 0.4) is 0 Å². The average Bonchev–Trinajstić information content (AvgIpc) is 2.39. The summed E-state index contributed by atoms with van der Waals surface area (Å²) in [4.78, 5) is 12.0. The van der Waals surface area contributed by atoms with Crippen LogP contribution in [-0.2, 0) is 0 Å². The second-order valence-corrected chi connectivity index (χ2v) is 4.86. The number of piperidine rings is 1. The molecular weight excluding hydrogens is 231 g/mol. The molecule has 0 bridgehead atoms. The van der Waals surface area contributed by atoms with Crippen LogP contribution >= 0.6 is 0 Å².